The molecule has 1 saturated heterocycles. The third-order valence-corrected chi connectivity index (χ3v) is 1.77. The summed E-state index contributed by atoms with van der Waals surface area (Å²) in [5.41, 5.74) is -0.387. The van der Waals surface area contributed by atoms with Crippen LogP contribution in [-0.2, 0) is 4.74 Å². The van der Waals surface area contributed by atoms with E-state index in [-0.39, 0.29) is 63.1 Å². The van der Waals surface area contributed by atoms with Crippen molar-refractivity contribution in [3.63, 3.8) is 0 Å². The van der Waals surface area contributed by atoms with Crippen LogP contribution in [0.15, 0.2) is 0 Å². The molecule has 1 heterocycles. The Kier molecular flexibility index (Phi) is 6.85. The van der Waals surface area contributed by atoms with E-state index in [2.05, 4.69) is 5.32 Å². The van der Waals surface area contributed by atoms with E-state index in [1.807, 2.05) is 20.8 Å². The molecule has 0 aliphatic carbocycles. The molecule has 0 aromatic heterocycles. The Morgan fingerprint density at radius 1 is 1.29 bits per heavy atom. The van der Waals surface area contributed by atoms with E-state index in [4.69, 9.17) is 4.74 Å². The van der Waals surface area contributed by atoms with Crippen LogP contribution >= 0.6 is 0 Å². The van der Waals surface area contributed by atoms with Gasteiger partial charge >= 0.3 is 6.09 Å². The van der Waals surface area contributed by atoms with Crippen molar-refractivity contribution in [1.29, 1.82) is 0 Å². The van der Waals surface area contributed by atoms with Crippen molar-refractivity contribution >= 4 is 57.5 Å². The Morgan fingerprint density at radius 3 is 2.21 bits per heavy atom. The summed E-state index contributed by atoms with van der Waals surface area (Å²) in [6, 6.07) is 0. The van der Waals surface area contributed by atoms with Crippen LogP contribution in [0.5, 0.6) is 0 Å². The van der Waals surface area contributed by atoms with Gasteiger partial charge < -0.3 is 15.0 Å². The third kappa shape index (κ3) is 5.68. The van der Waals surface area contributed by atoms with Gasteiger partial charge in [-0.2, -0.15) is 0 Å². The normalized spacial score (nSPS) is 17.2. The van der Waals surface area contributed by atoms with Gasteiger partial charge in [-0.15, -0.1) is 0 Å². The standard InChI is InChI=1S/C9H18N2O2.K/c1-9(2,3)13-8(12)11-6-4-10-5-7-11;/h10H,4-7H2,1-3H3;. The molecule has 1 rings (SSSR count). The smallest absolute Gasteiger partial charge is 0.410 e. The zero-order valence-corrected chi connectivity index (χ0v) is 12.7. The van der Waals surface area contributed by atoms with Gasteiger partial charge in [0, 0.05) is 77.6 Å². The molecule has 0 bridgehead atoms. The Labute approximate surface area is 128 Å². The second kappa shape index (κ2) is 6.45. The topological polar surface area (TPSA) is 41.6 Å². The third-order valence-electron chi connectivity index (χ3n) is 1.77. The molecule has 0 unspecified atom stereocenters. The van der Waals surface area contributed by atoms with Crippen LogP contribution in [0.1, 0.15) is 20.8 Å². The average molecular weight is 225 g/mol. The van der Waals surface area contributed by atoms with Gasteiger partial charge in [0.1, 0.15) is 5.60 Å². The van der Waals surface area contributed by atoms with Crippen LogP contribution in [-0.4, -0.2) is 94.2 Å². The Bertz CT molecular complexity index is 186. The fourth-order valence-electron chi connectivity index (χ4n) is 1.17. The molecule has 0 aromatic rings. The SMILES string of the molecule is CC(C)(C)OC(=O)N1CCNCC1.[K]. The van der Waals surface area contributed by atoms with Gasteiger partial charge in [-0.1, -0.05) is 0 Å². The summed E-state index contributed by atoms with van der Waals surface area (Å²) in [7, 11) is 0. The number of hydrogen-bond acceptors (Lipinski definition) is 3. The van der Waals surface area contributed by atoms with Gasteiger partial charge in [0.2, 0.25) is 0 Å². The van der Waals surface area contributed by atoms with Crippen molar-refractivity contribution in [1.82, 2.24) is 10.2 Å². The summed E-state index contributed by atoms with van der Waals surface area (Å²) in [5, 5.41) is 3.18. The molecule has 4 nitrogen and oxygen atoms in total. The van der Waals surface area contributed by atoms with E-state index in [0.717, 1.165) is 26.2 Å². The molecule has 14 heavy (non-hydrogen) atoms. The van der Waals surface area contributed by atoms with Gasteiger partial charge in [0.25, 0.3) is 0 Å². The summed E-state index contributed by atoms with van der Waals surface area (Å²) >= 11 is 0. The second-order valence-electron chi connectivity index (χ2n) is 4.22. The first-order valence-electron chi connectivity index (χ1n) is 4.68. The molecular weight excluding hydrogens is 207 g/mol. The maximum absolute atomic E-state index is 11.5. The maximum atomic E-state index is 11.5. The number of piperazine rings is 1. The zero-order chi connectivity index (χ0) is 9.90. The van der Waals surface area contributed by atoms with Crippen molar-refractivity contribution in [3.05, 3.63) is 0 Å². The van der Waals surface area contributed by atoms with E-state index >= 15 is 0 Å². The summed E-state index contributed by atoms with van der Waals surface area (Å²) in [5.74, 6) is 0. The van der Waals surface area contributed by atoms with Crippen LogP contribution in [0.2, 0.25) is 0 Å². The number of nitrogens with one attached hydrogen (secondary N) is 1. The maximum Gasteiger partial charge on any atom is 0.410 e. The van der Waals surface area contributed by atoms with E-state index < -0.39 is 0 Å². The molecular formula is C9H18KN2O2. The monoisotopic (exact) mass is 225 g/mol. The molecule has 1 amide bonds. The molecule has 1 aliphatic rings. The van der Waals surface area contributed by atoms with Crippen LogP contribution < -0.4 is 5.32 Å². The summed E-state index contributed by atoms with van der Waals surface area (Å²) in [4.78, 5) is 13.2. The Balaban J connectivity index is 0.00000169. The molecule has 0 saturated carbocycles. The summed E-state index contributed by atoms with van der Waals surface area (Å²) in [6.45, 7) is 8.86. The average Bonchev–Trinajstić information content (AvgIpc) is 2.03. The minimum atomic E-state index is -0.387. The number of nitrogens with zero attached hydrogens (tertiary/aromatic N) is 1. The predicted molar refractivity (Wildman–Crippen MR) is 56.4 cm³/mol. The van der Waals surface area contributed by atoms with Crippen molar-refractivity contribution in [3.8, 4) is 0 Å². The fourth-order valence-corrected chi connectivity index (χ4v) is 1.17. The number of amides is 1. The van der Waals surface area contributed by atoms with Crippen LogP contribution in [0.25, 0.3) is 0 Å². The van der Waals surface area contributed by atoms with E-state index in [0.29, 0.717) is 0 Å². The van der Waals surface area contributed by atoms with Crippen molar-refractivity contribution in [2.24, 2.45) is 0 Å². The number of carbonyl (C=O) groups excluding carboxylic acids is 1. The zero-order valence-electron chi connectivity index (χ0n) is 9.59. The second-order valence-corrected chi connectivity index (χ2v) is 4.22. The number of hydrogen-bond donors (Lipinski definition) is 1. The largest absolute Gasteiger partial charge is 0.444 e. The van der Waals surface area contributed by atoms with Gasteiger partial charge in [0.15, 0.2) is 0 Å². The van der Waals surface area contributed by atoms with Crippen molar-refractivity contribution in [2.75, 3.05) is 26.2 Å². The molecule has 1 fully saturated rings. The molecule has 5 heteroatoms. The van der Waals surface area contributed by atoms with Gasteiger partial charge in [-0.05, 0) is 20.8 Å². The van der Waals surface area contributed by atoms with E-state index in [9.17, 15) is 4.79 Å². The molecule has 1 N–H and O–H groups in total. The van der Waals surface area contributed by atoms with Crippen molar-refractivity contribution in [2.45, 2.75) is 26.4 Å². The van der Waals surface area contributed by atoms with E-state index in [1.54, 1.807) is 4.90 Å². The first kappa shape index (κ1) is 14.9. The molecule has 0 aromatic carbocycles. The number of ether oxygens (including phenoxy) is 1. The summed E-state index contributed by atoms with van der Waals surface area (Å²) in [6.07, 6.45) is -0.200. The molecule has 77 valence electrons. The van der Waals surface area contributed by atoms with E-state index in [1.165, 1.54) is 0 Å². The molecule has 0 atom stereocenters. The predicted octanol–water partition coefficient (Wildman–Crippen LogP) is 0.446. The molecule has 1 aliphatic heterocycles. The summed E-state index contributed by atoms with van der Waals surface area (Å²) < 4.78 is 5.24. The molecule has 1 radical (unpaired) electrons. The van der Waals surface area contributed by atoms with Crippen LogP contribution in [0.4, 0.5) is 4.79 Å². The quantitative estimate of drug-likeness (QED) is 0.609. The van der Waals surface area contributed by atoms with Gasteiger partial charge in [-0.3, -0.25) is 0 Å². The Hall–Kier alpha value is 0.866. The number of carbonyl (C=O) groups is 1. The minimum Gasteiger partial charge on any atom is -0.444 e. The van der Waals surface area contributed by atoms with Crippen LogP contribution in [0.3, 0.4) is 0 Å². The van der Waals surface area contributed by atoms with Crippen LogP contribution in [0, 0.1) is 0 Å². The fraction of sp³-hybridized carbons (Fsp3) is 0.889. The van der Waals surface area contributed by atoms with Gasteiger partial charge in [0.05, 0.1) is 0 Å². The first-order valence-corrected chi connectivity index (χ1v) is 4.68. The Morgan fingerprint density at radius 2 is 1.79 bits per heavy atom. The minimum absolute atomic E-state index is 0. The number of rotatable bonds is 0. The van der Waals surface area contributed by atoms with Gasteiger partial charge in [-0.25, -0.2) is 4.79 Å². The van der Waals surface area contributed by atoms with Crippen molar-refractivity contribution < 1.29 is 9.53 Å². The molecule has 0 spiro atoms. The first-order chi connectivity index (χ1) is 5.99.